The number of esters is 1. The monoisotopic (exact) mass is 440 g/mol. The summed E-state index contributed by atoms with van der Waals surface area (Å²) in [5.74, 6) is -1.12. The molecule has 0 aliphatic carbocycles. The first-order valence-corrected chi connectivity index (χ1v) is 10.7. The Morgan fingerprint density at radius 3 is 2.19 bits per heavy atom. The summed E-state index contributed by atoms with van der Waals surface area (Å²) in [6, 6.07) is 12.3. The van der Waals surface area contributed by atoms with Gasteiger partial charge in [-0.2, -0.15) is 0 Å². The van der Waals surface area contributed by atoms with Gasteiger partial charge in [0.15, 0.2) is 0 Å². The van der Waals surface area contributed by atoms with Crippen molar-refractivity contribution in [3.05, 3.63) is 77.1 Å². The van der Waals surface area contributed by atoms with E-state index in [0.717, 1.165) is 30.0 Å². The molecular weight excluding hydrogens is 414 g/mol. The SMILES string of the molecule is CCOC(=O)c1c(-c2ccc(F)cc2)c(CN2CCOCC2)n(-c2ccc(F)cc2)c1C. The molecule has 1 aliphatic rings. The van der Waals surface area contributed by atoms with Gasteiger partial charge in [0.2, 0.25) is 0 Å². The second-order valence-corrected chi connectivity index (χ2v) is 7.71. The van der Waals surface area contributed by atoms with Crippen molar-refractivity contribution in [2.24, 2.45) is 0 Å². The predicted octanol–water partition coefficient (Wildman–Crippen LogP) is 4.74. The third-order valence-corrected chi connectivity index (χ3v) is 5.68. The molecule has 0 amide bonds. The summed E-state index contributed by atoms with van der Waals surface area (Å²) < 4.78 is 40.2. The van der Waals surface area contributed by atoms with Gasteiger partial charge in [-0.05, 0) is 55.8 Å². The van der Waals surface area contributed by atoms with E-state index in [2.05, 4.69) is 4.90 Å². The van der Waals surface area contributed by atoms with E-state index in [-0.39, 0.29) is 18.2 Å². The lowest BCUT2D eigenvalue weighted by Crippen LogP contribution is -2.36. The molecule has 32 heavy (non-hydrogen) atoms. The lowest BCUT2D eigenvalue weighted by molar-refractivity contribution is 0.0335. The van der Waals surface area contributed by atoms with Crippen LogP contribution in [-0.4, -0.2) is 48.3 Å². The van der Waals surface area contributed by atoms with Crippen LogP contribution in [0.5, 0.6) is 0 Å². The number of halogens is 2. The molecule has 1 fully saturated rings. The number of benzene rings is 2. The molecular formula is C25H26F2N2O3. The zero-order valence-electron chi connectivity index (χ0n) is 18.2. The molecule has 1 aliphatic heterocycles. The summed E-state index contributed by atoms with van der Waals surface area (Å²) in [4.78, 5) is 15.3. The Morgan fingerprint density at radius 1 is 1.00 bits per heavy atom. The average molecular weight is 440 g/mol. The lowest BCUT2D eigenvalue weighted by Gasteiger charge is -2.28. The third-order valence-electron chi connectivity index (χ3n) is 5.68. The molecule has 2 aromatic carbocycles. The minimum atomic E-state index is -0.437. The van der Waals surface area contributed by atoms with Gasteiger partial charge in [-0.3, -0.25) is 4.90 Å². The molecule has 1 saturated heterocycles. The van der Waals surface area contributed by atoms with Crippen LogP contribution in [0.3, 0.4) is 0 Å². The molecule has 0 unspecified atom stereocenters. The predicted molar refractivity (Wildman–Crippen MR) is 118 cm³/mol. The van der Waals surface area contributed by atoms with E-state index in [4.69, 9.17) is 9.47 Å². The molecule has 0 N–H and O–H groups in total. The molecule has 4 rings (SSSR count). The quantitative estimate of drug-likeness (QED) is 0.520. The molecule has 2 heterocycles. The summed E-state index contributed by atoms with van der Waals surface area (Å²) >= 11 is 0. The topological polar surface area (TPSA) is 43.7 Å². The number of morpholine rings is 1. The fraction of sp³-hybridized carbons (Fsp3) is 0.320. The van der Waals surface area contributed by atoms with Crippen LogP contribution < -0.4 is 0 Å². The van der Waals surface area contributed by atoms with Crippen LogP contribution in [0.4, 0.5) is 8.78 Å². The van der Waals surface area contributed by atoms with Crippen molar-refractivity contribution in [1.82, 2.24) is 9.47 Å². The number of ether oxygens (including phenoxy) is 2. The Balaban J connectivity index is 1.96. The van der Waals surface area contributed by atoms with Crippen molar-refractivity contribution in [1.29, 1.82) is 0 Å². The number of hydrogen-bond donors (Lipinski definition) is 0. The van der Waals surface area contributed by atoms with E-state index < -0.39 is 5.97 Å². The number of aromatic nitrogens is 1. The summed E-state index contributed by atoms with van der Waals surface area (Å²) in [5, 5.41) is 0. The zero-order valence-corrected chi connectivity index (χ0v) is 18.2. The van der Waals surface area contributed by atoms with Gasteiger partial charge in [-0.25, -0.2) is 13.6 Å². The number of carbonyl (C=O) groups excluding carboxylic acids is 1. The van der Waals surface area contributed by atoms with Crippen molar-refractivity contribution < 1.29 is 23.0 Å². The summed E-state index contributed by atoms with van der Waals surface area (Å²) in [6.45, 7) is 7.17. The van der Waals surface area contributed by atoms with Crippen LogP contribution in [0.15, 0.2) is 48.5 Å². The van der Waals surface area contributed by atoms with Crippen molar-refractivity contribution in [3.8, 4) is 16.8 Å². The van der Waals surface area contributed by atoms with Crippen LogP contribution in [0.2, 0.25) is 0 Å². The van der Waals surface area contributed by atoms with Crippen LogP contribution in [0.1, 0.15) is 28.7 Å². The lowest BCUT2D eigenvalue weighted by atomic mass is 9.99. The Labute approximate surface area is 186 Å². The van der Waals surface area contributed by atoms with E-state index in [1.54, 1.807) is 31.2 Å². The van der Waals surface area contributed by atoms with Gasteiger partial charge in [0.25, 0.3) is 0 Å². The maximum absolute atomic E-state index is 13.7. The molecule has 7 heteroatoms. The van der Waals surface area contributed by atoms with Gasteiger partial charge in [0, 0.05) is 42.3 Å². The molecule has 5 nitrogen and oxygen atoms in total. The largest absolute Gasteiger partial charge is 0.462 e. The fourth-order valence-electron chi connectivity index (χ4n) is 4.19. The standard InChI is InChI=1S/C25H26F2N2O3/c1-3-32-25(30)23-17(2)29(21-10-8-20(27)9-11-21)22(16-28-12-14-31-15-13-28)24(23)18-4-6-19(26)7-5-18/h4-11H,3,12-16H2,1-2H3. The first-order valence-electron chi connectivity index (χ1n) is 10.7. The molecule has 0 bridgehead atoms. The summed E-state index contributed by atoms with van der Waals surface area (Å²) in [7, 11) is 0. The molecule has 0 spiro atoms. The highest BCUT2D eigenvalue weighted by Crippen LogP contribution is 2.36. The third kappa shape index (κ3) is 4.45. The van der Waals surface area contributed by atoms with Crippen LogP contribution in [0.25, 0.3) is 16.8 Å². The molecule has 0 radical (unpaired) electrons. The fourth-order valence-corrected chi connectivity index (χ4v) is 4.19. The van der Waals surface area contributed by atoms with Gasteiger partial charge >= 0.3 is 5.97 Å². The van der Waals surface area contributed by atoms with E-state index in [1.165, 1.54) is 24.3 Å². The van der Waals surface area contributed by atoms with Gasteiger partial charge < -0.3 is 14.0 Å². The molecule has 0 atom stereocenters. The number of carbonyl (C=O) groups is 1. The highest BCUT2D eigenvalue weighted by molar-refractivity contribution is 6.00. The van der Waals surface area contributed by atoms with E-state index in [1.807, 2.05) is 11.5 Å². The van der Waals surface area contributed by atoms with Crippen LogP contribution in [-0.2, 0) is 16.0 Å². The highest BCUT2D eigenvalue weighted by Gasteiger charge is 2.29. The number of nitrogens with zero attached hydrogens (tertiary/aromatic N) is 2. The average Bonchev–Trinajstić information content (AvgIpc) is 3.07. The summed E-state index contributed by atoms with van der Waals surface area (Å²) in [5.41, 5.74) is 4.17. The maximum atomic E-state index is 13.7. The maximum Gasteiger partial charge on any atom is 0.340 e. The highest BCUT2D eigenvalue weighted by atomic mass is 19.1. The van der Waals surface area contributed by atoms with Crippen molar-refractivity contribution in [3.63, 3.8) is 0 Å². The minimum absolute atomic E-state index is 0.238. The normalized spacial score (nSPS) is 14.5. The second kappa shape index (κ2) is 9.63. The van der Waals surface area contributed by atoms with Gasteiger partial charge in [-0.15, -0.1) is 0 Å². The molecule has 168 valence electrons. The Morgan fingerprint density at radius 2 is 1.59 bits per heavy atom. The van der Waals surface area contributed by atoms with Crippen LogP contribution in [0, 0.1) is 18.6 Å². The Bertz CT molecular complexity index is 1090. The van der Waals surface area contributed by atoms with Gasteiger partial charge in [-0.1, -0.05) is 12.1 Å². The van der Waals surface area contributed by atoms with Crippen LogP contribution >= 0.6 is 0 Å². The minimum Gasteiger partial charge on any atom is -0.462 e. The number of hydrogen-bond acceptors (Lipinski definition) is 4. The number of rotatable bonds is 6. The molecule has 1 aromatic heterocycles. The second-order valence-electron chi connectivity index (χ2n) is 7.71. The first kappa shape index (κ1) is 22.2. The van der Waals surface area contributed by atoms with Crippen molar-refractivity contribution >= 4 is 5.97 Å². The Hall–Kier alpha value is -3.03. The van der Waals surface area contributed by atoms with E-state index in [9.17, 15) is 13.6 Å². The van der Waals surface area contributed by atoms with Crippen molar-refractivity contribution in [2.45, 2.75) is 20.4 Å². The smallest absolute Gasteiger partial charge is 0.340 e. The van der Waals surface area contributed by atoms with Gasteiger partial charge in [0.1, 0.15) is 11.6 Å². The Kier molecular flexibility index (Phi) is 6.67. The zero-order chi connectivity index (χ0) is 22.7. The molecule has 0 saturated carbocycles. The van der Waals surface area contributed by atoms with E-state index in [0.29, 0.717) is 36.6 Å². The first-order chi connectivity index (χ1) is 15.5. The van der Waals surface area contributed by atoms with E-state index >= 15 is 0 Å². The van der Waals surface area contributed by atoms with Gasteiger partial charge in [0.05, 0.1) is 25.4 Å². The summed E-state index contributed by atoms with van der Waals surface area (Å²) in [6.07, 6.45) is 0. The molecule has 3 aromatic rings. The van der Waals surface area contributed by atoms with Crippen molar-refractivity contribution in [2.75, 3.05) is 32.9 Å².